The molecule has 0 bridgehead atoms. The molecule has 82 valence electrons. The van der Waals surface area contributed by atoms with Crippen molar-refractivity contribution in [2.45, 2.75) is 38.8 Å². The van der Waals surface area contributed by atoms with Crippen LogP contribution in [0.4, 0.5) is 8.78 Å². The number of amides is 1. The van der Waals surface area contributed by atoms with E-state index in [1.165, 1.54) is 0 Å². The molecular formula is C9H15F2NO2. The maximum absolute atomic E-state index is 12.4. The van der Waals surface area contributed by atoms with Crippen LogP contribution >= 0.6 is 0 Å². The van der Waals surface area contributed by atoms with Gasteiger partial charge in [-0.1, -0.05) is 0 Å². The number of carbonyl (C=O) groups is 1. The molecule has 14 heavy (non-hydrogen) atoms. The second-order valence-corrected chi connectivity index (χ2v) is 3.73. The van der Waals surface area contributed by atoms with Crippen LogP contribution in [0.5, 0.6) is 0 Å². The Labute approximate surface area is 81.8 Å². The SMILES string of the molecule is CC(C)NC(=O)[C@@H]1CCO[C@@H]1C(F)F. The normalized spacial score (nSPS) is 27.3. The minimum atomic E-state index is -2.58. The van der Waals surface area contributed by atoms with Crippen LogP contribution in [0.1, 0.15) is 20.3 Å². The predicted molar refractivity (Wildman–Crippen MR) is 47.1 cm³/mol. The molecule has 1 amide bonds. The fourth-order valence-electron chi connectivity index (χ4n) is 1.53. The van der Waals surface area contributed by atoms with Crippen LogP contribution in [0.2, 0.25) is 0 Å². The number of hydrogen-bond acceptors (Lipinski definition) is 2. The average molecular weight is 207 g/mol. The zero-order chi connectivity index (χ0) is 10.7. The molecule has 1 N–H and O–H groups in total. The highest BCUT2D eigenvalue weighted by atomic mass is 19.3. The molecule has 3 nitrogen and oxygen atoms in total. The van der Waals surface area contributed by atoms with Gasteiger partial charge < -0.3 is 10.1 Å². The molecule has 2 atom stereocenters. The van der Waals surface area contributed by atoms with Gasteiger partial charge in [-0.15, -0.1) is 0 Å². The lowest BCUT2D eigenvalue weighted by molar-refractivity contribution is -0.130. The van der Waals surface area contributed by atoms with Gasteiger partial charge in [0.05, 0.1) is 5.92 Å². The second kappa shape index (κ2) is 4.68. The Morgan fingerprint density at radius 1 is 1.50 bits per heavy atom. The highest BCUT2D eigenvalue weighted by Gasteiger charge is 2.39. The Bertz CT molecular complexity index is 209. The molecule has 0 unspecified atom stereocenters. The van der Waals surface area contributed by atoms with Gasteiger partial charge in [0.25, 0.3) is 6.43 Å². The number of alkyl halides is 2. The third-order valence-electron chi connectivity index (χ3n) is 2.15. The molecule has 1 heterocycles. The van der Waals surface area contributed by atoms with Crippen LogP contribution in [0, 0.1) is 5.92 Å². The van der Waals surface area contributed by atoms with Crippen molar-refractivity contribution < 1.29 is 18.3 Å². The van der Waals surface area contributed by atoms with Crippen molar-refractivity contribution in [3.63, 3.8) is 0 Å². The highest BCUT2D eigenvalue weighted by molar-refractivity contribution is 5.79. The summed E-state index contributed by atoms with van der Waals surface area (Å²) in [7, 11) is 0. The van der Waals surface area contributed by atoms with E-state index >= 15 is 0 Å². The van der Waals surface area contributed by atoms with Crippen molar-refractivity contribution in [3.05, 3.63) is 0 Å². The van der Waals surface area contributed by atoms with Crippen LogP contribution in [0.25, 0.3) is 0 Å². The van der Waals surface area contributed by atoms with Gasteiger partial charge in [-0.25, -0.2) is 8.78 Å². The van der Waals surface area contributed by atoms with Gasteiger partial charge in [-0.05, 0) is 20.3 Å². The third kappa shape index (κ3) is 2.64. The summed E-state index contributed by atoms with van der Waals surface area (Å²) in [6.45, 7) is 3.83. The summed E-state index contributed by atoms with van der Waals surface area (Å²) in [6, 6.07) is -0.0265. The summed E-state index contributed by atoms with van der Waals surface area (Å²) in [4.78, 5) is 11.4. The number of nitrogens with one attached hydrogen (secondary N) is 1. The summed E-state index contributed by atoms with van der Waals surface area (Å²) in [6.07, 6.45) is -3.43. The zero-order valence-corrected chi connectivity index (χ0v) is 8.30. The molecule has 0 aliphatic carbocycles. The maximum Gasteiger partial charge on any atom is 0.265 e. The fourth-order valence-corrected chi connectivity index (χ4v) is 1.53. The van der Waals surface area contributed by atoms with Gasteiger partial charge in [0.1, 0.15) is 6.10 Å². The first kappa shape index (κ1) is 11.4. The van der Waals surface area contributed by atoms with E-state index < -0.39 is 18.4 Å². The fraction of sp³-hybridized carbons (Fsp3) is 0.889. The van der Waals surface area contributed by atoms with E-state index in [1.54, 1.807) is 13.8 Å². The molecule has 0 radical (unpaired) electrons. The highest BCUT2D eigenvalue weighted by Crippen LogP contribution is 2.26. The molecule has 1 aliphatic rings. The van der Waals surface area contributed by atoms with Crippen molar-refractivity contribution in [2.75, 3.05) is 6.61 Å². The number of halogens is 2. The minimum absolute atomic E-state index is 0.0265. The third-order valence-corrected chi connectivity index (χ3v) is 2.15. The number of rotatable bonds is 3. The summed E-state index contributed by atoms with van der Waals surface area (Å²) < 4.78 is 29.6. The lowest BCUT2D eigenvalue weighted by atomic mass is 10.0. The van der Waals surface area contributed by atoms with Crippen LogP contribution in [0.15, 0.2) is 0 Å². The van der Waals surface area contributed by atoms with E-state index in [0.29, 0.717) is 6.42 Å². The van der Waals surface area contributed by atoms with E-state index in [2.05, 4.69) is 5.32 Å². The summed E-state index contributed by atoms with van der Waals surface area (Å²) in [5.74, 6) is -1.03. The Morgan fingerprint density at radius 3 is 2.64 bits per heavy atom. The smallest absolute Gasteiger partial charge is 0.265 e. The Morgan fingerprint density at radius 2 is 2.14 bits per heavy atom. The molecule has 5 heteroatoms. The van der Waals surface area contributed by atoms with Crippen molar-refractivity contribution in [1.82, 2.24) is 5.32 Å². The predicted octanol–water partition coefficient (Wildman–Crippen LogP) is 1.18. The molecule has 1 aliphatic heterocycles. The number of ether oxygens (including phenoxy) is 1. The molecule has 1 rings (SSSR count). The first-order valence-corrected chi connectivity index (χ1v) is 4.72. The van der Waals surface area contributed by atoms with Crippen LogP contribution in [-0.4, -0.2) is 31.1 Å². The van der Waals surface area contributed by atoms with Crippen molar-refractivity contribution in [3.8, 4) is 0 Å². The zero-order valence-electron chi connectivity index (χ0n) is 8.30. The Kier molecular flexibility index (Phi) is 3.80. The summed E-state index contributed by atoms with van der Waals surface area (Å²) >= 11 is 0. The van der Waals surface area contributed by atoms with Crippen LogP contribution in [0.3, 0.4) is 0 Å². The monoisotopic (exact) mass is 207 g/mol. The first-order chi connectivity index (χ1) is 6.52. The molecule has 1 fully saturated rings. The molecule has 1 saturated heterocycles. The quantitative estimate of drug-likeness (QED) is 0.754. The Hall–Kier alpha value is -0.710. The lowest BCUT2D eigenvalue weighted by Gasteiger charge is -2.18. The number of carbonyl (C=O) groups excluding carboxylic acids is 1. The van der Waals surface area contributed by atoms with Gasteiger partial charge >= 0.3 is 0 Å². The van der Waals surface area contributed by atoms with Gasteiger partial charge in [0, 0.05) is 12.6 Å². The summed E-state index contributed by atoms with van der Waals surface area (Å²) in [5.41, 5.74) is 0. The van der Waals surface area contributed by atoms with Crippen molar-refractivity contribution >= 4 is 5.91 Å². The van der Waals surface area contributed by atoms with E-state index in [4.69, 9.17) is 4.74 Å². The first-order valence-electron chi connectivity index (χ1n) is 4.72. The Balaban J connectivity index is 2.53. The molecule has 0 aromatic rings. The van der Waals surface area contributed by atoms with Crippen molar-refractivity contribution in [1.29, 1.82) is 0 Å². The standard InChI is InChI=1S/C9H15F2NO2/c1-5(2)12-9(13)6-3-4-14-7(6)8(10)11/h5-8H,3-4H2,1-2H3,(H,12,13)/t6-,7+/m1/s1. The van der Waals surface area contributed by atoms with Gasteiger partial charge in [-0.2, -0.15) is 0 Å². The molecule has 0 saturated carbocycles. The largest absolute Gasteiger partial charge is 0.371 e. The van der Waals surface area contributed by atoms with E-state index in [9.17, 15) is 13.6 Å². The maximum atomic E-state index is 12.4. The van der Waals surface area contributed by atoms with Crippen LogP contribution < -0.4 is 5.32 Å². The summed E-state index contributed by atoms with van der Waals surface area (Å²) in [5, 5.41) is 2.62. The molecular weight excluding hydrogens is 192 g/mol. The number of hydrogen-bond donors (Lipinski definition) is 1. The van der Waals surface area contributed by atoms with E-state index in [1.807, 2.05) is 0 Å². The second-order valence-electron chi connectivity index (χ2n) is 3.73. The topological polar surface area (TPSA) is 38.3 Å². The van der Waals surface area contributed by atoms with Gasteiger partial charge in [0.2, 0.25) is 5.91 Å². The van der Waals surface area contributed by atoms with E-state index in [0.717, 1.165) is 0 Å². The van der Waals surface area contributed by atoms with Crippen LogP contribution in [-0.2, 0) is 9.53 Å². The minimum Gasteiger partial charge on any atom is -0.371 e. The molecule has 0 aromatic heterocycles. The average Bonchev–Trinajstić information content (AvgIpc) is 2.49. The van der Waals surface area contributed by atoms with E-state index in [-0.39, 0.29) is 18.6 Å². The molecule has 0 aromatic carbocycles. The van der Waals surface area contributed by atoms with Gasteiger partial charge in [-0.3, -0.25) is 4.79 Å². The van der Waals surface area contributed by atoms with Gasteiger partial charge in [0.15, 0.2) is 0 Å². The lowest BCUT2D eigenvalue weighted by Crippen LogP contribution is -2.41. The van der Waals surface area contributed by atoms with Crippen molar-refractivity contribution in [2.24, 2.45) is 5.92 Å². The molecule has 0 spiro atoms.